The lowest BCUT2D eigenvalue weighted by Crippen LogP contribution is -2.40. The van der Waals surface area contributed by atoms with Crippen molar-refractivity contribution in [1.29, 1.82) is 0 Å². The largest absolute Gasteiger partial charge is 0.372 e. The molecule has 2 saturated carbocycles. The fourth-order valence-electron chi connectivity index (χ4n) is 8.06. The summed E-state index contributed by atoms with van der Waals surface area (Å²) >= 11 is 0. The van der Waals surface area contributed by atoms with Gasteiger partial charge in [0.05, 0.1) is 0 Å². The number of carbonyl (C=O) groups is 1. The van der Waals surface area contributed by atoms with E-state index in [0.29, 0.717) is 11.2 Å². The molecule has 0 unspecified atom stereocenters. The summed E-state index contributed by atoms with van der Waals surface area (Å²) < 4.78 is 0. The van der Waals surface area contributed by atoms with E-state index in [1.807, 2.05) is 6.08 Å². The molecule has 1 aromatic carbocycles. The number of nitrogens with zero attached hydrogens (tertiary/aromatic N) is 1. The molecule has 2 nitrogen and oxygen atoms in total. The van der Waals surface area contributed by atoms with E-state index >= 15 is 0 Å². The summed E-state index contributed by atoms with van der Waals surface area (Å²) in [6.45, 7) is 2.46. The number of hydrogen-bond acceptors (Lipinski definition) is 2. The summed E-state index contributed by atoms with van der Waals surface area (Å²) in [6.07, 6.45) is 18.5. The van der Waals surface area contributed by atoms with Gasteiger partial charge in [-0.2, -0.15) is 0 Å². The number of carbonyl (C=O) groups excluding carboxylic acids is 1. The molecule has 5 aliphatic rings. The van der Waals surface area contributed by atoms with Crippen molar-refractivity contribution in [2.24, 2.45) is 17.3 Å². The molecule has 0 amide bonds. The van der Waals surface area contributed by atoms with Crippen molar-refractivity contribution in [2.75, 3.05) is 18.0 Å². The van der Waals surface area contributed by atoms with Crippen LogP contribution in [0.2, 0.25) is 0 Å². The van der Waals surface area contributed by atoms with Gasteiger partial charge in [0, 0.05) is 25.2 Å². The van der Waals surface area contributed by atoms with Gasteiger partial charge in [-0.1, -0.05) is 24.1 Å². The first-order valence-electron chi connectivity index (χ1n) is 13.0. The van der Waals surface area contributed by atoms with E-state index in [9.17, 15) is 4.79 Å². The van der Waals surface area contributed by atoms with E-state index in [-0.39, 0.29) is 0 Å². The third-order valence-electron chi connectivity index (χ3n) is 9.45. The lowest BCUT2D eigenvalue weighted by molar-refractivity contribution is -0.114. The highest BCUT2D eigenvalue weighted by Crippen LogP contribution is 2.61. The number of piperidine rings is 1. The molecule has 1 aliphatic heterocycles. The number of ketones is 1. The molecular formula is C29H37NO. The van der Waals surface area contributed by atoms with Crippen molar-refractivity contribution in [3.05, 3.63) is 52.6 Å². The highest BCUT2D eigenvalue weighted by molar-refractivity contribution is 5.93. The number of hydrogen-bond donors (Lipinski definition) is 0. The van der Waals surface area contributed by atoms with Gasteiger partial charge in [-0.3, -0.25) is 4.79 Å². The Morgan fingerprint density at radius 1 is 0.935 bits per heavy atom. The van der Waals surface area contributed by atoms with Gasteiger partial charge in [-0.05, 0) is 123 Å². The fourth-order valence-corrected chi connectivity index (χ4v) is 8.06. The number of benzene rings is 1. The number of anilines is 1. The van der Waals surface area contributed by atoms with Crippen LogP contribution in [0.25, 0.3) is 0 Å². The zero-order valence-electron chi connectivity index (χ0n) is 19.0. The highest BCUT2D eigenvalue weighted by Gasteiger charge is 2.51. The zero-order valence-corrected chi connectivity index (χ0v) is 19.0. The van der Waals surface area contributed by atoms with Crippen molar-refractivity contribution in [2.45, 2.75) is 83.5 Å². The lowest BCUT2D eigenvalue weighted by atomic mass is 9.56. The smallest absolute Gasteiger partial charge is 0.156 e. The molecule has 6 rings (SSSR count). The first-order valence-corrected chi connectivity index (χ1v) is 13.0. The molecule has 0 spiro atoms. The summed E-state index contributed by atoms with van der Waals surface area (Å²) in [7, 11) is 0. The van der Waals surface area contributed by atoms with Crippen LogP contribution in [-0.4, -0.2) is 18.9 Å². The summed E-state index contributed by atoms with van der Waals surface area (Å²) in [5, 5.41) is 0. The quantitative estimate of drug-likeness (QED) is 0.541. The molecule has 164 valence electrons. The minimum Gasteiger partial charge on any atom is -0.372 e. The van der Waals surface area contributed by atoms with E-state index in [1.165, 1.54) is 88.6 Å². The molecule has 0 radical (unpaired) electrons. The Morgan fingerprint density at radius 2 is 1.84 bits per heavy atom. The standard InChI is InChI=1S/C29H37NO/c31-24-10-12-25-22(19-24)9-11-27-26(25)13-15-29(14-5-8-28(27)29)20-21-6-4-7-23(18-21)30-16-2-1-3-17-30/h4,6-7,18-19,27-28H,1-3,5,8-17,20H2/t27-,28+,29+/m1/s1. The van der Waals surface area contributed by atoms with Crippen LogP contribution in [0.5, 0.6) is 0 Å². The van der Waals surface area contributed by atoms with E-state index in [2.05, 4.69) is 29.2 Å². The normalized spacial score (nSPS) is 33.0. The van der Waals surface area contributed by atoms with Crippen LogP contribution in [0.4, 0.5) is 5.69 Å². The van der Waals surface area contributed by atoms with Gasteiger partial charge in [0.15, 0.2) is 5.78 Å². The molecule has 4 aliphatic carbocycles. The SMILES string of the molecule is O=C1C=C2CC[C@@H]3C(=C2CC1)CC[C@]1(Cc2cccc(N4CCCCC4)c2)CCC[C@@H]31. The molecule has 0 aromatic heterocycles. The van der Waals surface area contributed by atoms with Gasteiger partial charge in [0.2, 0.25) is 0 Å². The second kappa shape index (κ2) is 7.94. The van der Waals surface area contributed by atoms with E-state index in [0.717, 1.165) is 31.1 Å². The highest BCUT2D eigenvalue weighted by atomic mass is 16.1. The molecule has 1 aromatic rings. The molecule has 0 bridgehead atoms. The maximum absolute atomic E-state index is 12.0. The third kappa shape index (κ3) is 3.51. The van der Waals surface area contributed by atoms with Crippen LogP contribution in [-0.2, 0) is 11.2 Å². The predicted molar refractivity (Wildman–Crippen MR) is 127 cm³/mol. The summed E-state index contributed by atoms with van der Waals surface area (Å²) in [4.78, 5) is 14.6. The van der Waals surface area contributed by atoms with Gasteiger partial charge < -0.3 is 4.90 Å². The van der Waals surface area contributed by atoms with Crippen molar-refractivity contribution in [3.63, 3.8) is 0 Å². The maximum atomic E-state index is 12.0. The minimum absolute atomic E-state index is 0.359. The summed E-state index contributed by atoms with van der Waals surface area (Å²) in [5.41, 5.74) is 8.34. The van der Waals surface area contributed by atoms with Crippen molar-refractivity contribution in [1.82, 2.24) is 0 Å². The third-order valence-corrected chi connectivity index (χ3v) is 9.45. The first-order chi connectivity index (χ1) is 15.2. The first kappa shape index (κ1) is 19.8. The second-order valence-electron chi connectivity index (χ2n) is 11.0. The molecule has 2 heteroatoms. The maximum Gasteiger partial charge on any atom is 0.156 e. The van der Waals surface area contributed by atoms with Crippen LogP contribution in [0.15, 0.2) is 47.1 Å². The number of fused-ring (bicyclic) bond motifs is 4. The monoisotopic (exact) mass is 415 g/mol. The van der Waals surface area contributed by atoms with Crippen LogP contribution >= 0.6 is 0 Å². The Morgan fingerprint density at radius 3 is 2.74 bits per heavy atom. The Balaban J connectivity index is 1.27. The van der Waals surface area contributed by atoms with Crippen LogP contribution in [0, 0.1) is 17.3 Å². The van der Waals surface area contributed by atoms with Crippen molar-refractivity contribution >= 4 is 11.5 Å². The minimum atomic E-state index is 0.359. The van der Waals surface area contributed by atoms with Gasteiger partial charge in [-0.25, -0.2) is 0 Å². The van der Waals surface area contributed by atoms with Crippen LogP contribution in [0.1, 0.15) is 82.6 Å². The second-order valence-corrected chi connectivity index (χ2v) is 11.0. The number of rotatable bonds is 3. The van der Waals surface area contributed by atoms with Gasteiger partial charge in [0.25, 0.3) is 0 Å². The van der Waals surface area contributed by atoms with E-state index in [1.54, 1.807) is 16.7 Å². The number of allylic oxidation sites excluding steroid dienone is 4. The molecule has 3 fully saturated rings. The van der Waals surface area contributed by atoms with E-state index in [4.69, 9.17) is 0 Å². The van der Waals surface area contributed by atoms with Crippen molar-refractivity contribution < 1.29 is 4.79 Å². The molecule has 1 heterocycles. The molecule has 1 saturated heterocycles. The van der Waals surface area contributed by atoms with Crippen LogP contribution < -0.4 is 4.90 Å². The Hall–Kier alpha value is -1.83. The molecule has 0 N–H and O–H groups in total. The van der Waals surface area contributed by atoms with Gasteiger partial charge in [-0.15, -0.1) is 0 Å². The zero-order chi connectivity index (χ0) is 20.8. The van der Waals surface area contributed by atoms with Gasteiger partial charge >= 0.3 is 0 Å². The molecule has 31 heavy (non-hydrogen) atoms. The summed E-state index contributed by atoms with van der Waals surface area (Å²) in [5.74, 6) is 2.01. The average molecular weight is 416 g/mol. The average Bonchev–Trinajstić information content (AvgIpc) is 3.23. The van der Waals surface area contributed by atoms with Crippen molar-refractivity contribution in [3.8, 4) is 0 Å². The topological polar surface area (TPSA) is 20.3 Å². The fraction of sp³-hybridized carbons (Fsp3) is 0.621. The predicted octanol–water partition coefficient (Wildman–Crippen LogP) is 6.80. The molecular weight excluding hydrogens is 378 g/mol. The van der Waals surface area contributed by atoms with Gasteiger partial charge in [0.1, 0.15) is 0 Å². The lowest BCUT2D eigenvalue weighted by Gasteiger charge is -2.49. The van der Waals surface area contributed by atoms with Crippen LogP contribution in [0.3, 0.4) is 0 Å². The Bertz CT molecular complexity index is 934. The Labute approximate surface area is 187 Å². The molecule has 3 atom stereocenters. The van der Waals surface area contributed by atoms with E-state index < -0.39 is 0 Å². The Kier molecular flexibility index (Phi) is 5.08. The summed E-state index contributed by atoms with van der Waals surface area (Å²) in [6, 6.07) is 9.58.